The highest BCUT2D eigenvalue weighted by Gasteiger charge is 2.22. The Morgan fingerprint density at radius 2 is 2.14 bits per heavy atom. The summed E-state index contributed by atoms with van der Waals surface area (Å²) < 4.78 is 0. The molecule has 1 aliphatic rings. The Balaban J connectivity index is 2.20. The van der Waals surface area contributed by atoms with E-state index in [0.29, 0.717) is 18.7 Å². The number of rotatable bonds is 5. The molecule has 0 saturated carbocycles. The van der Waals surface area contributed by atoms with Gasteiger partial charge in [-0.15, -0.1) is 0 Å². The summed E-state index contributed by atoms with van der Waals surface area (Å²) >= 11 is 0. The van der Waals surface area contributed by atoms with Gasteiger partial charge in [0.2, 0.25) is 5.91 Å². The molecule has 0 saturated heterocycles. The lowest BCUT2D eigenvalue weighted by atomic mass is 9.99. The van der Waals surface area contributed by atoms with Crippen LogP contribution in [0.2, 0.25) is 0 Å². The lowest BCUT2D eigenvalue weighted by molar-refractivity contribution is -0.121. The summed E-state index contributed by atoms with van der Waals surface area (Å²) in [6.07, 6.45) is 2.08. The fraction of sp³-hybridized carbons (Fsp3) is 0.500. The lowest BCUT2D eigenvalue weighted by Crippen LogP contribution is -2.40. The van der Waals surface area contributed by atoms with E-state index in [1.165, 1.54) is 5.56 Å². The van der Waals surface area contributed by atoms with Crippen LogP contribution in [0.5, 0.6) is 0 Å². The van der Waals surface area contributed by atoms with Crippen molar-refractivity contribution in [2.45, 2.75) is 26.7 Å². The molecule has 0 radical (unpaired) electrons. The molecule has 0 fully saturated rings. The second-order valence-electron chi connectivity index (χ2n) is 5.14. The number of hydrogen-bond donors (Lipinski definition) is 2. The van der Waals surface area contributed by atoms with Crippen molar-refractivity contribution in [1.29, 1.82) is 0 Å². The van der Waals surface area contributed by atoms with Crippen LogP contribution in [-0.2, 0) is 11.2 Å². The first-order chi connectivity index (χ1) is 10.2. The van der Waals surface area contributed by atoms with Gasteiger partial charge in [0.1, 0.15) is 0 Å². The molecule has 0 aromatic heterocycles. The quantitative estimate of drug-likeness (QED) is 0.866. The van der Waals surface area contributed by atoms with E-state index in [-0.39, 0.29) is 18.4 Å². The number of fused-ring (bicyclic) bond motifs is 1. The third-order valence-electron chi connectivity index (χ3n) is 3.68. The van der Waals surface area contributed by atoms with Gasteiger partial charge in [-0.2, -0.15) is 0 Å². The van der Waals surface area contributed by atoms with Gasteiger partial charge in [-0.3, -0.25) is 9.59 Å². The highest BCUT2D eigenvalue weighted by atomic mass is 16.2. The molecule has 0 spiro atoms. The zero-order valence-corrected chi connectivity index (χ0v) is 12.7. The number of anilines is 1. The normalized spacial score (nSPS) is 13.0. The molecule has 0 aliphatic carbocycles. The Morgan fingerprint density at radius 3 is 2.86 bits per heavy atom. The minimum atomic E-state index is -0.120. The number of carbonyl (C=O) groups excluding carboxylic acids is 2. The average Bonchev–Trinajstić information content (AvgIpc) is 2.51. The van der Waals surface area contributed by atoms with E-state index in [1.807, 2.05) is 26.0 Å². The van der Waals surface area contributed by atoms with Crippen LogP contribution < -0.4 is 10.6 Å². The van der Waals surface area contributed by atoms with Crippen LogP contribution >= 0.6 is 0 Å². The third-order valence-corrected chi connectivity index (χ3v) is 3.68. The molecular weight excluding hydrogens is 266 g/mol. The molecule has 0 unspecified atom stereocenters. The Labute approximate surface area is 125 Å². The molecule has 1 heterocycles. The van der Waals surface area contributed by atoms with E-state index in [1.54, 1.807) is 4.90 Å². The number of hydrogen-bond acceptors (Lipinski definition) is 3. The van der Waals surface area contributed by atoms with Crippen molar-refractivity contribution < 1.29 is 9.59 Å². The maximum Gasteiger partial charge on any atom is 0.256 e. The van der Waals surface area contributed by atoms with Crippen LogP contribution in [0.15, 0.2) is 18.2 Å². The minimum Gasteiger partial charge on any atom is -0.384 e. The van der Waals surface area contributed by atoms with Crippen LogP contribution in [0, 0.1) is 0 Å². The van der Waals surface area contributed by atoms with Crippen LogP contribution in [0.1, 0.15) is 36.2 Å². The molecule has 0 atom stereocenters. The van der Waals surface area contributed by atoms with Crippen LogP contribution in [0.3, 0.4) is 0 Å². The molecule has 114 valence electrons. The Kier molecular flexibility index (Phi) is 5.20. The smallest absolute Gasteiger partial charge is 0.256 e. The van der Waals surface area contributed by atoms with Gasteiger partial charge in [0.05, 0.1) is 17.8 Å². The number of benzene rings is 1. The van der Waals surface area contributed by atoms with E-state index < -0.39 is 0 Å². The van der Waals surface area contributed by atoms with Gasteiger partial charge in [0.15, 0.2) is 0 Å². The first-order valence-electron chi connectivity index (χ1n) is 7.59. The molecule has 21 heavy (non-hydrogen) atoms. The van der Waals surface area contributed by atoms with E-state index in [4.69, 9.17) is 0 Å². The van der Waals surface area contributed by atoms with Crippen LogP contribution in [0.25, 0.3) is 0 Å². The maximum absolute atomic E-state index is 12.7. The first-order valence-corrected chi connectivity index (χ1v) is 7.59. The summed E-state index contributed by atoms with van der Waals surface area (Å²) in [7, 11) is 0. The highest BCUT2D eigenvalue weighted by Crippen LogP contribution is 2.27. The lowest BCUT2D eigenvalue weighted by Gasteiger charge is -2.25. The average molecular weight is 289 g/mol. The van der Waals surface area contributed by atoms with Gasteiger partial charge >= 0.3 is 0 Å². The zero-order valence-electron chi connectivity index (χ0n) is 12.7. The van der Waals surface area contributed by atoms with Crippen molar-refractivity contribution in [3.05, 3.63) is 29.3 Å². The monoisotopic (exact) mass is 289 g/mol. The van der Waals surface area contributed by atoms with Crippen molar-refractivity contribution in [3.8, 4) is 0 Å². The molecule has 5 heteroatoms. The number of aryl methyl sites for hydroxylation is 1. The number of likely N-dealkylation sites (N-methyl/N-ethyl adjacent to an activating group) is 2. The summed E-state index contributed by atoms with van der Waals surface area (Å²) in [4.78, 5) is 26.0. The van der Waals surface area contributed by atoms with E-state index in [0.717, 1.165) is 25.1 Å². The maximum atomic E-state index is 12.7. The summed E-state index contributed by atoms with van der Waals surface area (Å²) in [5, 5.41) is 6.05. The molecular formula is C16H23N3O2. The molecule has 2 rings (SSSR count). The van der Waals surface area contributed by atoms with E-state index >= 15 is 0 Å². The predicted octanol–water partition coefficient (Wildman–Crippen LogP) is 1.64. The summed E-state index contributed by atoms with van der Waals surface area (Å²) in [5.41, 5.74) is 2.78. The summed E-state index contributed by atoms with van der Waals surface area (Å²) in [6, 6.07) is 5.80. The molecule has 2 amide bonds. The first kappa shape index (κ1) is 15.4. The second kappa shape index (κ2) is 7.11. The van der Waals surface area contributed by atoms with Crippen molar-refractivity contribution in [2.24, 2.45) is 0 Å². The van der Waals surface area contributed by atoms with Gasteiger partial charge in [-0.25, -0.2) is 0 Å². The van der Waals surface area contributed by atoms with Gasteiger partial charge in [-0.1, -0.05) is 12.1 Å². The van der Waals surface area contributed by atoms with Gasteiger partial charge in [0, 0.05) is 19.6 Å². The number of para-hydroxylation sites is 1. The zero-order chi connectivity index (χ0) is 15.2. The SMILES string of the molecule is CCNC(=O)CN(CC)C(=O)c1cccc2c1NCCC2. The molecule has 0 bridgehead atoms. The molecule has 2 N–H and O–H groups in total. The summed E-state index contributed by atoms with van der Waals surface area (Å²) in [5.74, 6) is -0.208. The van der Waals surface area contributed by atoms with Gasteiger partial charge < -0.3 is 15.5 Å². The van der Waals surface area contributed by atoms with E-state index in [2.05, 4.69) is 16.7 Å². The molecule has 1 aromatic carbocycles. The number of amides is 2. The molecule has 5 nitrogen and oxygen atoms in total. The number of carbonyl (C=O) groups is 2. The summed E-state index contributed by atoms with van der Waals surface area (Å²) in [6.45, 7) is 5.84. The largest absolute Gasteiger partial charge is 0.384 e. The number of nitrogens with zero attached hydrogens (tertiary/aromatic N) is 1. The number of nitrogens with one attached hydrogen (secondary N) is 2. The Bertz CT molecular complexity index is 528. The van der Waals surface area contributed by atoms with Gasteiger partial charge in [0.25, 0.3) is 5.91 Å². The fourth-order valence-electron chi connectivity index (χ4n) is 2.61. The Morgan fingerprint density at radius 1 is 1.33 bits per heavy atom. The van der Waals surface area contributed by atoms with Crippen molar-refractivity contribution in [2.75, 3.05) is 31.5 Å². The minimum absolute atomic E-state index is 0.0880. The molecule has 1 aromatic rings. The predicted molar refractivity (Wildman–Crippen MR) is 83.5 cm³/mol. The van der Waals surface area contributed by atoms with Crippen molar-refractivity contribution in [1.82, 2.24) is 10.2 Å². The highest BCUT2D eigenvalue weighted by molar-refractivity contribution is 6.01. The van der Waals surface area contributed by atoms with Crippen molar-refractivity contribution >= 4 is 17.5 Å². The Hall–Kier alpha value is -2.04. The second-order valence-corrected chi connectivity index (χ2v) is 5.14. The molecule has 1 aliphatic heterocycles. The van der Waals surface area contributed by atoms with Crippen LogP contribution in [0.4, 0.5) is 5.69 Å². The fourth-order valence-corrected chi connectivity index (χ4v) is 2.61. The standard InChI is InChI=1S/C16H23N3O2/c1-3-17-14(20)11-19(4-2)16(21)13-9-5-7-12-8-6-10-18-15(12)13/h5,7,9,18H,3-4,6,8,10-11H2,1-2H3,(H,17,20). The topological polar surface area (TPSA) is 61.4 Å². The van der Waals surface area contributed by atoms with Gasteiger partial charge in [-0.05, 0) is 38.3 Å². The van der Waals surface area contributed by atoms with Crippen LogP contribution in [-0.4, -0.2) is 42.9 Å². The van der Waals surface area contributed by atoms with E-state index in [9.17, 15) is 9.59 Å². The van der Waals surface area contributed by atoms with Crippen molar-refractivity contribution in [3.63, 3.8) is 0 Å². The third kappa shape index (κ3) is 3.54.